The summed E-state index contributed by atoms with van der Waals surface area (Å²) in [5.41, 5.74) is 6.00. The van der Waals surface area contributed by atoms with Crippen LogP contribution in [0.2, 0.25) is 0 Å². The Morgan fingerprint density at radius 3 is 2.66 bits per heavy atom. The molecule has 4 heterocycles. The van der Waals surface area contributed by atoms with Gasteiger partial charge in [-0.15, -0.1) is 11.3 Å². The van der Waals surface area contributed by atoms with E-state index in [1.165, 1.54) is 35.9 Å². The lowest BCUT2D eigenvalue weighted by atomic mass is 10.0. The Bertz CT molecular complexity index is 1530. The third kappa shape index (κ3) is 5.60. The topological polar surface area (TPSA) is 110 Å². The number of anilines is 2. The normalized spacial score (nSPS) is 19.2. The van der Waals surface area contributed by atoms with Crippen LogP contribution < -0.4 is 20.7 Å². The maximum absolute atomic E-state index is 14.9. The number of benzene rings is 2. The molecule has 2 fully saturated rings. The molecule has 2 aromatic carbocycles. The number of hydrogen-bond acceptors (Lipinski definition) is 9. The zero-order valence-electron chi connectivity index (χ0n) is 21.7. The van der Waals surface area contributed by atoms with E-state index in [-0.39, 0.29) is 47.2 Å². The average Bonchev–Trinajstić information content (AvgIpc) is 3.61. The van der Waals surface area contributed by atoms with Crippen LogP contribution in [0.1, 0.15) is 22.5 Å². The molecule has 0 bridgehead atoms. The van der Waals surface area contributed by atoms with Gasteiger partial charge in [-0.05, 0) is 36.8 Å². The fourth-order valence-electron chi connectivity index (χ4n) is 5.33. The van der Waals surface area contributed by atoms with Gasteiger partial charge >= 0.3 is 6.18 Å². The summed E-state index contributed by atoms with van der Waals surface area (Å²) in [7, 11) is 0. The first kappa shape index (κ1) is 27.1. The smallest absolute Gasteiger partial charge is 0.422 e. The molecular formula is C28H26F3N7O2S. The van der Waals surface area contributed by atoms with E-state index < -0.39 is 17.6 Å². The van der Waals surface area contributed by atoms with Crippen molar-refractivity contribution in [1.29, 1.82) is 0 Å². The fourth-order valence-corrected chi connectivity index (χ4v) is 6.12. The molecule has 6 rings (SSSR count). The van der Waals surface area contributed by atoms with Crippen LogP contribution in [-0.2, 0) is 6.18 Å². The first-order valence-electron chi connectivity index (χ1n) is 13.0. The Morgan fingerprint density at radius 2 is 1.90 bits per heavy atom. The number of nitrogens with one attached hydrogen (secondary N) is 1. The van der Waals surface area contributed by atoms with Crippen molar-refractivity contribution >= 4 is 28.6 Å². The molecule has 9 nitrogen and oxygen atoms in total. The van der Waals surface area contributed by atoms with E-state index in [4.69, 9.17) is 10.5 Å². The molecule has 2 atom stereocenters. The number of carbonyl (C=O) groups excluding carboxylic acids is 1. The number of amides is 1. The Hall–Kier alpha value is -4.07. The van der Waals surface area contributed by atoms with Crippen LogP contribution in [0.15, 0.2) is 66.3 Å². The highest BCUT2D eigenvalue weighted by molar-refractivity contribution is 7.13. The Morgan fingerprint density at radius 1 is 1.07 bits per heavy atom. The molecule has 4 aromatic rings. The number of para-hydroxylation sites is 1. The number of thiazole rings is 1. The first-order chi connectivity index (χ1) is 19.8. The molecule has 2 aliphatic heterocycles. The number of carbonyl (C=O) groups is 1. The first-order valence-corrected chi connectivity index (χ1v) is 13.9. The number of piperazine rings is 1. The van der Waals surface area contributed by atoms with Gasteiger partial charge in [0.25, 0.3) is 5.91 Å². The zero-order chi connectivity index (χ0) is 28.6. The Balaban J connectivity index is 1.39. The molecule has 0 saturated carbocycles. The van der Waals surface area contributed by atoms with Crippen LogP contribution >= 0.6 is 11.3 Å². The van der Waals surface area contributed by atoms with Crippen molar-refractivity contribution in [1.82, 2.24) is 20.1 Å². The van der Waals surface area contributed by atoms with Gasteiger partial charge in [0.1, 0.15) is 27.8 Å². The van der Waals surface area contributed by atoms with E-state index in [1.54, 1.807) is 46.7 Å². The summed E-state index contributed by atoms with van der Waals surface area (Å²) >= 11 is 1.23. The summed E-state index contributed by atoms with van der Waals surface area (Å²) in [6, 6.07) is 12.4. The number of nitrogens with two attached hydrogens (primary N) is 1. The second-order valence-electron chi connectivity index (χ2n) is 9.87. The molecule has 2 saturated heterocycles. The van der Waals surface area contributed by atoms with E-state index in [0.717, 1.165) is 13.0 Å². The van der Waals surface area contributed by atoms with Crippen LogP contribution in [0.4, 0.5) is 24.5 Å². The molecule has 41 heavy (non-hydrogen) atoms. The summed E-state index contributed by atoms with van der Waals surface area (Å²) < 4.78 is 50.4. The van der Waals surface area contributed by atoms with Gasteiger partial charge < -0.3 is 20.7 Å². The third-order valence-corrected chi connectivity index (χ3v) is 8.20. The van der Waals surface area contributed by atoms with E-state index in [0.29, 0.717) is 23.7 Å². The van der Waals surface area contributed by atoms with Crippen LogP contribution in [0.5, 0.6) is 11.5 Å². The van der Waals surface area contributed by atoms with Crippen LogP contribution in [0.3, 0.4) is 0 Å². The molecule has 0 aliphatic carbocycles. The van der Waals surface area contributed by atoms with Gasteiger partial charge in [-0.2, -0.15) is 23.4 Å². The highest BCUT2D eigenvalue weighted by Gasteiger charge is 2.43. The minimum absolute atomic E-state index is 0.0166. The maximum Gasteiger partial charge on any atom is 0.422 e. The Kier molecular flexibility index (Phi) is 7.32. The number of halogens is 3. The van der Waals surface area contributed by atoms with Gasteiger partial charge in [0.15, 0.2) is 0 Å². The number of nitrogens with zero attached hydrogens (tertiary/aromatic N) is 5. The molecule has 1 amide bonds. The molecule has 3 N–H and O–H groups in total. The quantitative estimate of drug-likeness (QED) is 0.332. The minimum atomic E-state index is -4.78. The average molecular weight is 582 g/mol. The van der Waals surface area contributed by atoms with Crippen molar-refractivity contribution in [3.63, 3.8) is 0 Å². The van der Waals surface area contributed by atoms with Gasteiger partial charge in [-0.3, -0.25) is 9.69 Å². The molecular weight excluding hydrogens is 555 g/mol. The van der Waals surface area contributed by atoms with E-state index in [1.807, 2.05) is 0 Å². The van der Waals surface area contributed by atoms with Crippen molar-refractivity contribution in [3.8, 4) is 22.1 Å². The SMILES string of the molecule is N[C@@H]1CCN2CCN(c3c(NC(=O)c4csc(-c5ccnnc5)n4)ccc(Oc4ccccc4)c3C(F)(F)F)C[C@@H]12. The summed E-state index contributed by atoms with van der Waals surface area (Å²) in [5, 5.41) is 12.4. The summed E-state index contributed by atoms with van der Waals surface area (Å²) in [5.74, 6) is -0.711. The van der Waals surface area contributed by atoms with Crippen LogP contribution in [0.25, 0.3) is 10.6 Å². The van der Waals surface area contributed by atoms with Gasteiger partial charge in [-0.1, -0.05) is 18.2 Å². The van der Waals surface area contributed by atoms with E-state index in [9.17, 15) is 18.0 Å². The van der Waals surface area contributed by atoms with Gasteiger partial charge in [0, 0.05) is 49.2 Å². The fraction of sp³-hybridized carbons (Fsp3) is 0.286. The number of alkyl halides is 3. The lowest BCUT2D eigenvalue weighted by Crippen LogP contribution is -2.55. The van der Waals surface area contributed by atoms with Crippen molar-refractivity contribution in [2.24, 2.45) is 5.73 Å². The number of aromatic nitrogens is 3. The Labute approximate surface area is 237 Å². The number of rotatable bonds is 6. The molecule has 13 heteroatoms. The standard InChI is InChI=1S/C28H26F3N7O2S/c29-28(30,31)24-23(40-18-4-2-1-3-5-18)7-6-20(25(24)38-13-12-37-11-9-19(32)22(37)15-38)35-26(39)21-16-41-27(36-21)17-8-10-33-34-14-17/h1-8,10,14,16,19,22H,9,11-13,15,32H2,(H,35,39)/t19-,22+/m1/s1. The largest absolute Gasteiger partial charge is 0.457 e. The van der Waals surface area contributed by atoms with Crippen molar-refractivity contribution < 1.29 is 22.7 Å². The molecule has 0 radical (unpaired) electrons. The second-order valence-corrected chi connectivity index (χ2v) is 10.7. The highest BCUT2D eigenvalue weighted by atomic mass is 32.1. The minimum Gasteiger partial charge on any atom is -0.457 e. The summed E-state index contributed by atoms with van der Waals surface area (Å²) in [6.07, 6.45) is -0.967. The maximum atomic E-state index is 14.9. The van der Waals surface area contributed by atoms with E-state index >= 15 is 0 Å². The monoisotopic (exact) mass is 581 g/mol. The number of hydrogen-bond donors (Lipinski definition) is 2. The van der Waals surface area contributed by atoms with Gasteiger partial charge in [0.05, 0.1) is 23.8 Å². The van der Waals surface area contributed by atoms with E-state index in [2.05, 4.69) is 25.4 Å². The van der Waals surface area contributed by atoms with Crippen LogP contribution in [0, 0.1) is 0 Å². The summed E-state index contributed by atoms with van der Waals surface area (Å²) in [6.45, 7) is 1.99. The predicted molar refractivity (Wildman–Crippen MR) is 149 cm³/mol. The lowest BCUT2D eigenvalue weighted by Gasteiger charge is -2.41. The molecule has 2 aromatic heterocycles. The molecule has 212 valence electrons. The molecule has 0 unspecified atom stereocenters. The highest BCUT2D eigenvalue weighted by Crippen LogP contribution is 2.48. The third-order valence-electron chi connectivity index (χ3n) is 7.30. The summed E-state index contributed by atoms with van der Waals surface area (Å²) in [4.78, 5) is 21.6. The predicted octanol–water partition coefficient (Wildman–Crippen LogP) is 4.89. The van der Waals surface area contributed by atoms with Crippen LogP contribution in [-0.4, -0.2) is 64.3 Å². The second kappa shape index (κ2) is 11.1. The molecule has 2 aliphatic rings. The number of ether oxygens (including phenoxy) is 1. The van der Waals surface area contributed by atoms with Crippen molar-refractivity contribution in [2.45, 2.75) is 24.7 Å². The zero-order valence-corrected chi connectivity index (χ0v) is 22.5. The van der Waals surface area contributed by atoms with Crippen molar-refractivity contribution in [2.75, 3.05) is 36.4 Å². The van der Waals surface area contributed by atoms with Gasteiger partial charge in [0.2, 0.25) is 0 Å². The van der Waals surface area contributed by atoms with Gasteiger partial charge in [-0.25, -0.2) is 4.98 Å². The lowest BCUT2D eigenvalue weighted by molar-refractivity contribution is -0.138. The number of fused-ring (bicyclic) bond motifs is 1. The molecule has 0 spiro atoms. The van der Waals surface area contributed by atoms with Crippen molar-refractivity contribution in [3.05, 3.63) is 77.6 Å².